The van der Waals surface area contributed by atoms with Gasteiger partial charge in [-0.15, -0.1) is 0 Å². The highest BCUT2D eigenvalue weighted by atomic mass is 16.5. The van der Waals surface area contributed by atoms with E-state index in [9.17, 15) is 4.79 Å². The zero-order valence-electron chi connectivity index (χ0n) is 14.4. The number of hydrogen-bond acceptors (Lipinski definition) is 6. The first kappa shape index (κ1) is 17.4. The van der Waals surface area contributed by atoms with Gasteiger partial charge in [-0.1, -0.05) is 18.2 Å². The van der Waals surface area contributed by atoms with Crippen LogP contribution in [0.4, 0.5) is 0 Å². The molecule has 2 aromatic rings. The summed E-state index contributed by atoms with van der Waals surface area (Å²) in [5.41, 5.74) is 0. The molecule has 2 atom stereocenters. The summed E-state index contributed by atoms with van der Waals surface area (Å²) in [4.78, 5) is 18.6. The number of carbonyl (C=O) groups is 1. The van der Waals surface area contributed by atoms with Crippen molar-refractivity contribution in [1.29, 1.82) is 0 Å². The molecule has 1 fully saturated rings. The van der Waals surface area contributed by atoms with Crippen LogP contribution in [0.5, 0.6) is 5.75 Å². The number of likely N-dealkylation sites (tertiary alicyclic amines) is 1. The van der Waals surface area contributed by atoms with Crippen LogP contribution in [0.1, 0.15) is 18.1 Å². The second kappa shape index (κ2) is 8.09. The van der Waals surface area contributed by atoms with Crippen molar-refractivity contribution >= 4 is 5.91 Å². The minimum Gasteiger partial charge on any atom is -0.486 e. The highest BCUT2D eigenvalue weighted by Gasteiger charge is 2.34. The number of amides is 1. The van der Waals surface area contributed by atoms with Crippen LogP contribution in [0.2, 0.25) is 0 Å². The van der Waals surface area contributed by atoms with E-state index in [1.165, 1.54) is 0 Å². The third-order valence-electron chi connectivity index (χ3n) is 4.26. The Morgan fingerprint density at radius 3 is 2.92 bits per heavy atom. The molecule has 0 radical (unpaired) electrons. The van der Waals surface area contributed by atoms with Crippen molar-refractivity contribution in [3.8, 4) is 5.75 Å². The molecule has 0 spiro atoms. The molecular formula is C17H23N5O3. The zero-order chi connectivity index (χ0) is 17.6. The van der Waals surface area contributed by atoms with Crippen molar-refractivity contribution in [3.05, 3.63) is 42.0 Å². The van der Waals surface area contributed by atoms with E-state index in [0.717, 1.165) is 12.3 Å². The Kier molecular flexibility index (Phi) is 5.62. The van der Waals surface area contributed by atoms with E-state index in [-0.39, 0.29) is 24.6 Å². The van der Waals surface area contributed by atoms with Crippen LogP contribution < -0.4 is 10.1 Å². The summed E-state index contributed by atoms with van der Waals surface area (Å²) in [7, 11) is 3.60. The monoisotopic (exact) mass is 345 g/mol. The van der Waals surface area contributed by atoms with E-state index < -0.39 is 0 Å². The Labute approximate surface area is 146 Å². The summed E-state index contributed by atoms with van der Waals surface area (Å²) < 4.78 is 10.9. The molecule has 134 valence electrons. The normalized spacial score (nSPS) is 20.6. The fourth-order valence-corrected chi connectivity index (χ4v) is 2.86. The summed E-state index contributed by atoms with van der Waals surface area (Å²) in [6, 6.07) is 9.32. The van der Waals surface area contributed by atoms with Crippen LogP contribution in [0.15, 0.2) is 30.3 Å². The highest BCUT2D eigenvalue weighted by molar-refractivity contribution is 5.82. The number of rotatable bonds is 7. The Morgan fingerprint density at radius 2 is 2.20 bits per heavy atom. The molecular weight excluding hydrogens is 322 g/mol. The molecule has 0 aliphatic carbocycles. The second-order valence-electron chi connectivity index (χ2n) is 6.07. The van der Waals surface area contributed by atoms with Gasteiger partial charge in [0.25, 0.3) is 0 Å². The smallest absolute Gasteiger partial charge is 0.237 e. The lowest BCUT2D eigenvalue weighted by Gasteiger charge is -2.17. The average Bonchev–Trinajstić information content (AvgIpc) is 3.25. The predicted octanol–water partition coefficient (Wildman–Crippen LogP) is 0.719. The summed E-state index contributed by atoms with van der Waals surface area (Å²) in [5.74, 6) is 1.88. The van der Waals surface area contributed by atoms with Crippen LogP contribution in [0.3, 0.4) is 0 Å². The molecule has 1 amide bonds. The van der Waals surface area contributed by atoms with E-state index >= 15 is 0 Å². The van der Waals surface area contributed by atoms with Gasteiger partial charge in [-0.25, -0.2) is 4.98 Å². The van der Waals surface area contributed by atoms with Crippen molar-refractivity contribution in [1.82, 2.24) is 25.4 Å². The number of para-hydroxylation sites is 1. The molecule has 1 aliphatic heterocycles. The SMILES string of the molecule is CO[C@H]1C[C@@H](C(=O)NCc2n[nH]c(COc3ccccc3)n2)N(C)C1. The molecule has 1 aromatic heterocycles. The van der Waals surface area contributed by atoms with Crippen LogP contribution in [-0.2, 0) is 22.7 Å². The fourth-order valence-electron chi connectivity index (χ4n) is 2.86. The number of benzene rings is 1. The lowest BCUT2D eigenvalue weighted by atomic mass is 10.2. The minimum atomic E-state index is -0.176. The summed E-state index contributed by atoms with van der Waals surface area (Å²) in [6.07, 6.45) is 0.800. The largest absolute Gasteiger partial charge is 0.486 e. The number of likely N-dealkylation sites (N-methyl/N-ethyl adjacent to an activating group) is 1. The van der Waals surface area contributed by atoms with Gasteiger partial charge in [-0.3, -0.25) is 14.8 Å². The molecule has 0 saturated carbocycles. The number of ether oxygens (including phenoxy) is 2. The van der Waals surface area contributed by atoms with E-state index in [1.807, 2.05) is 42.3 Å². The summed E-state index contributed by atoms with van der Waals surface area (Å²) in [6.45, 7) is 1.34. The first-order chi connectivity index (χ1) is 12.2. The van der Waals surface area contributed by atoms with E-state index in [2.05, 4.69) is 20.5 Å². The van der Waals surface area contributed by atoms with Gasteiger partial charge in [0.15, 0.2) is 11.6 Å². The Hall–Kier alpha value is -2.45. The lowest BCUT2D eigenvalue weighted by molar-refractivity contribution is -0.125. The maximum absolute atomic E-state index is 12.3. The van der Waals surface area contributed by atoms with E-state index in [1.54, 1.807) is 7.11 Å². The highest BCUT2D eigenvalue weighted by Crippen LogP contribution is 2.18. The number of H-pyrrole nitrogens is 1. The topological polar surface area (TPSA) is 92.4 Å². The number of hydrogen-bond donors (Lipinski definition) is 2. The van der Waals surface area contributed by atoms with Crippen LogP contribution in [0, 0.1) is 0 Å². The van der Waals surface area contributed by atoms with Gasteiger partial charge in [-0.05, 0) is 25.6 Å². The Morgan fingerprint density at radius 1 is 1.40 bits per heavy atom. The van der Waals surface area contributed by atoms with Gasteiger partial charge in [0.05, 0.1) is 18.7 Å². The van der Waals surface area contributed by atoms with Gasteiger partial charge >= 0.3 is 0 Å². The van der Waals surface area contributed by atoms with Crippen molar-refractivity contribution in [2.75, 3.05) is 20.7 Å². The number of nitrogens with one attached hydrogen (secondary N) is 2. The van der Waals surface area contributed by atoms with Crippen molar-refractivity contribution in [3.63, 3.8) is 0 Å². The maximum Gasteiger partial charge on any atom is 0.237 e. The van der Waals surface area contributed by atoms with Crippen molar-refractivity contribution < 1.29 is 14.3 Å². The molecule has 2 heterocycles. The summed E-state index contributed by atoms with van der Waals surface area (Å²) >= 11 is 0. The Balaban J connectivity index is 1.46. The average molecular weight is 345 g/mol. The number of aromatic amines is 1. The molecule has 0 unspecified atom stereocenters. The third-order valence-corrected chi connectivity index (χ3v) is 4.26. The molecule has 1 aliphatic rings. The zero-order valence-corrected chi connectivity index (χ0v) is 14.4. The first-order valence-electron chi connectivity index (χ1n) is 8.24. The van der Waals surface area contributed by atoms with Gasteiger partial charge in [0, 0.05) is 13.7 Å². The molecule has 2 N–H and O–H groups in total. The number of nitrogens with zero attached hydrogens (tertiary/aromatic N) is 3. The van der Waals surface area contributed by atoms with Crippen molar-refractivity contribution in [2.45, 2.75) is 31.7 Å². The van der Waals surface area contributed by atoms with E-state index in [4.69, 9.17) is 9.47 Å². The molecule has 1 saturated heterocycles. The minimum absolute atomic E-state index is 0.0334. The molecule has 1 aromatic carbocycles. The fraction of sp³-hybridized carbons (Fsp3) is 0.471. The first-order valence-corrected chi connectivity index (χ1v) is 8.24. The second-order valence-corrected chi connectivity index (χ2v) is 6.07. The van der Waals surface area contributed by atoms with Gasteiger partial charge in [0.2, 0.25) is 5.91 Å². The molecule has 3 rings (SSSR count). The number of methoxy groups -OCH3 is 1. The Bertz CT molecular complexity index is 691. The maximum atomic E-state index is 12.3. The quantitative estimate of drug-likeness (QED) is 0.768. The molecule has 25 heavy (non-hydrogen) atoms. The third kappa shape index (κ3) is 4.55. The van der Waals surface area contributed by atoms with Crippen LogP contribution in [0.25, 0.3) is 0 Å². The standard InChI is InChI=1S/C17H23N5O3/c1-22-10-13(24-2)8-14(22)17(23)18-9-15-19-16(21-20-15)11-25-12-6-4-3-5-7-12/h3-7,13-14H,8-11H2,1-2H3,(H,18,23)(H,19,20,21)/t13-,14-/m0/s1. The van der Waals surface area contributed by atoms with Gasteiger partial charge in [0.1, 0.15) is 12.4 Å². The van der Waals surface area contributed by atoms with Crippen LogP contribution in [-0.4, -0.2) is 58.8 Å². The number of aromatic nitrogens is 3. The number of carbonyl (C=O) groups excluding carboxylic acids is 1. The van der Waals surface area contributed by atoms with Crippen molar-refractivity contribution in [2.24, 2.45) is 0 Å². The van der Waals surface area contributed by atoms with Gasteiger partial charge < -0.3 is 14.8 Å². The lowest BCUT2D eigenvalue weighted by Crippen LogP contribution is -2.41. The van der Waals surface area contributed by atoms with Gasteiger partial charge in [-0.2, -0.15) is 5.10 Å². The predicted molar refractivity (Wildman–Crippen MR) is 90.8 cm³/mol. The van der Waals surface area contributed by atoms with E-state index in [0.29, 0.717) is 24.7 Å². The molecule has 8 heteroatoms. The molecule has 0 bridgehead atoms. The molecule has 8 nitrogen and oxygen atoms in total. The van der Waals surface area contributed by atoms with Crippen LogP contribution >= 0.6 is 0 Å². The summed E-state index contributed by atoms with van der Waals surface area (Å²) in [5, 5.41) is 9.82.